The molecule has 2 N–H and O–H groups in total. The number of amides is 3. The third kappa shape index (κ3) is 8.20. The molecule has 0 aliphatic carbocycles. The zero-order valence-electron chi connectivity index (χ0n) is 28.6. The number of carbonyl (C=O) groups is 2. The van der Waals surface area contributed by atoms with Gasteiger partial charge in [-0.3, -0.25) is 9.69 Å². The Morgan fingerprint density at radius 3 is 2.12 bits per heavy atom. The number of likely N-dealkylation sites (N-methyl/N-ethyl adjacent to an activating group) is 1. The molecule has 1 aromatic heterocycles. The highest BCUT2D eigenvalue weighted by Gasteiger charge is 2.26. The van der Waals surface area contributed by atoms with Gasteiger partial charge in [0.1, 0.15) is 0 Å². The zero-order valence-corrected chi connectivity index (χ0v) is 28.6. The molecule has 256 valence electrons. The molecule has 1 atom stereocenters. The lowest BCUT2D eigenvalue weighted by atomic mass is 10.1. The van der Waals surface area contributed by atoms with Gasteiger partial charge in [-0.05, 0) is 82.8 Å². The molecule has 0 bridgehead atoms. The predicted octanol–water partition coefficient (Wildman–Crippen LogP) is 3.72. The Morgan fingerprint density at radius 1 is 0.792 bits per heavy atom. The molecule has 0 saturated carbocycles. The average Bonchev–Trinajstić information content (AvgIpc) is 3.36. The first-order valence-electron chi connectivity index (χ1n) is 17.1. The second-order valence-corrected chi connectivity index (χ2v) is 13.2. The minimum absolute atomic E-state index is 0.0141. The van der Waals surface area contributed by atoms with Crippen LogP contribution in [0.4, 0.5) is 28.1 Å². The van der Waals surface area contributed by atoms with Crippen molar-refractivity contribution in [1.82, 2.24) is 29.7 Å². The maximum Gasteiger partial charge on any atom is 0.323 e. The number of morpholine rings is 1. The van der Waals surface area contributed by atoms with Crippen LogP contribution in [0.15, 0.2) is 48.5 Å². The van der Waals surface area contributed by atoms with Crippen molar-refractivity contribution >= 4 is 35.2 Å². The lowest BCUT2D eigenvalue weighted by molar-refractivity contribution is 0.0664. The molecule has 0 spiro atoms. The van der Waals surface area contributed by atoms with Crippen LogP contribution in [0.25, 0.3) is 11.4 Å². The number of urea groups is 1. The number of piperazine rings is 1. The van der Waals surface area contributed by atoms with Crippen molar-refractivity contribution in [3.8, 4) is 11.4 Å². The highest BCUT2D eigenvalue weighted by Crippen LogP contribution is 2.26. The van der Waals surface area contributed by atoms with Gasteiger partial charge in [0.25, 0.3) is 5.91 Å². The normalized spacial score (nSPS) is 19.7. The minimum Gasteiger partial charge on any atom is -0.377 e. The fourth-order valence-electron chi connectivity index (χ4n) is 6.32. The first kappa shape index (κ1) is 33.6. The van der Waals surface area contributed by atoms with Crippen LogP contribution in [0.5, 0.6) is 0 Å². The quantitative estimate of drug-likeness (QED) is 0.389. The van der Waals surface area contributed by atoms with Crippen molar-refractivity contribution in [1.29, 1.82) is 0 Å². The molecule has 0 radical (unpaired) electrons. The third-order valence-electron chi connectivity index (χ3n) is 9.36. The van der Waals surface area contributed by atoms with Crippen LogP contribution in [0, 0.1) is 0 Å². The summed E-state index contributed by atoms with van der Waals surface area (Å²) in [6, 6.07) is 14.8. The van der Waals surface area contributed by atoms with Crippen LogP contribution in [0.2, 0.25) is 0 Å². The molecule has 3 amide bonds. The molecule has 3 aliphatic rings. The van der Waals surface area contributed by atoms with Gasteiger partial charge in [0.05, 0.1) is 19.3 Å². The van der Waals surface area contributed by atoms with Gasteiger partial charge in [-0.15, -0.1) is 0 Å². The second kappa shape index (κ2) is 15.3. The van der Waals surface area contributed by atoms with Gasteiger partial charge in [-0.2, -0.15) is 15.0 Å². The van der Waals surface area contributed by atoms with Crippen molar-refractivity contribution < 1.29 is 14.3 Å². The molecule has 2 aromatic carbocycles. The first-order valence-corrected chi connectivity index (χ1v) is 17.1. The minimum atomic E-state index is -0.372. The maximum atomic E-state index is 12.9. The lowest BCUT2D eigenvalue weighted by Crippen LogP contribution is -2.47. The number of hydrogen-bond acceptors (Lipinski definition) is 10. The number of nitrogens with zero attached hydrogens (tertiary/aromatic N) is 8. The highest BCUT2D eigenvalue weighted by molar-refractivity contribution is 6.00. The van der Waals surface area contributed by atoms with E-state index in [0.717, 1.165) is 70.9 Å². The number of ether oxygens (including phenoxy) is 1. The number of carbonyl (C=O) groups excluding carboxylic acids is 2. The van der Waals surface area contributed by atoms with Crippen LogP contribution in [-0.4, -0.2) is 133 Å². The van der Waals surface area contributed by atoms with E-state index in [1.54, 1.807) is 24.3 Å². The number of nitrogens with one attached hydrogen (secondary N) is 2. The summed E-state index contributed by atoms with van der Waals surface area (Å²) in [7, 11) is 2.06. The van der Waals surface area contributed by atoms with Gasteiger partial charge < -0.3 is 35.0 Å². The van der Waals surface area contributed by atoms with Crippen molar-refractivity contribution in [3.05, 3.63) is 54.1 Å². The molecule has 3 aliphatic heterocycles. The summed E-state index contributed by atoms with van der Waals surface area (Å²) in [5.41, 5.74) is 2.69. The van der Waals surface area contributed by atoms with Crippen LogP contribution in [-0.2, 0) is 4.74 Å². The average molecular weight is 657 g/mol. The Labute approximate surface area is 283 Å². The molecule has 3 saturated heterocycles. The van der Waals surface area contributed by atoms with Crippen LogP contribution < -0.4 is 20.4 Å². The van der Waals surface area contributed by atoms with Gasteiger partial charge in [-0.25, -0.2) is 4.79 Å². The molecular weight excluding hydrogens is 608 g/mol. The predicted molar refractivity (Wildman–Crippen MR) is 189 cm³/mol. The standard InChI is InChI=1S/C35H48N10O3/c1-25(2)42-14-5-15-44(21-20-42)33-38-31(39-34(40-33)45-22-23-48-24-26(45)3)27-6-10-29(11-7-27)36-35(47)37-30-12-8-28(9-13-30)32(46)43-18-16-41(4)17-19-43/h6-13,25-26H,5,14-24H2,1-4H3,(H2,36,37,47)/t26-/m0/s1. The van der Waals surface area contributed by atoms with Crippen molar-refractivity contribution in [2.45, 2.75) is 39.3 Å². The SMILES string of the molecule is CC(C)N1CCCN(c2nc(-c3ccc(NC(=O)Nc4ccc(C(=O)N5CCN(C)CC5)cc4)cc3)nc(N3CCOC[C@@H]3C)n2)CC1. The summed E-state index contributed by atoms with van der Waals surface area (Å²) < 4.78 is 5.68. The Hall–Kier alpha value is -4.33. The molecule has 0 unspecified atom stereocenters. The van der Waals surface area contributed by atoms with E-state index in [1.165, 1.54) is 0 Å². The number of rotatable bonds is 7. The molecule has 13 heteroatoms. The van der Waals surface area contributed by atoms with Crippen molar-refractivity contribution in [3.63, 3.8) is 0 Å². The largest absolute Gasteiger partial charge is 0.377 e. The van der Waals surface area contributed by atoms with E-state index in [0.29, 0.717) is 53.9 Å². The van der Waals surface area contributed by atoms with E-state index in [4.69, 9.17) is 19.7 Å². The Morgan fingerprint density at radius 2 is 1.46 bits per heavy atom. The fourth-order valence-corrected chi connectivity index (χ4v) is 6.32. The molecule has 4 heterocycles. The maximum absolute atomic E-state index is 12.9. The van der Waals surface area contributed by atoms with E-state index >= 15 is 0 Å². The summed E-state index contributed by atoms with van der Waals surface area (Å²) in [6.45, 7) is 15.5. The monoisotopic (exact) mass is 656 g/mol. The Bertz CT molecular complexity index is 1540. The fraction of sp³-hybridized carbons (Fsp3) is 0.514. The van der Waals surface area contributed by atoms with E-state index in [9.17, 15) is 9.59 Å². The van der Waals surface area contributed by atoms with Gasteiger partial charge in [0.15, 0.2) is 5.82 Å². The second-order valence-electron chi connectivity index (χ2n) is 13.2. The summed E-state index contributed by atoms with van der Waals surface area (Å²) >= 11 is 0. The summed E-state index contributed by atoms with van der Waals surface area (Å²) in [4.78, 5) is 51.6. The smallest absolute Gasteiger partial charge is 0.323 e. The van der Waals surface area contributed by atoms with Crippen molar-refractivity contribution in [2.75, 3.05) is 99.6 Å². The van der Waals surface area contributed by atoms with Crippen LogP contribution in [0.1, 0.15) is 37.6 Å². The van der Waals surface area contributed by atoms with Gasteiger partial charge in [0, 0.05) is 87.4 Å². The zero-order chi connectivity index (χ0) is 33.6. The van der Waals surface area contributed by atoms with Gasteiger partial charge in [-0.1, -0.05) is 0 Å². The highest BCUT2D eigenvalue weighted by atomic mass is 16.5. The number of benzene rings is 2. The summed E-state index contributed by atoms with van der Waals surface area (Å²) in [6.07, 6.45) is 1.05. The third-order valence-corrected chi connectivity index (χ3v) is 9.36. The van der Waals surface area contributed by atoms with E-state index in [1.807, 2.05) is 29.2 Å². The molecular formula is C35H48N10O3. The first-order chi connectivity index (χ1) is 23.2. The molecule has 6 rings (SSSR count). The summed E-state index contributed by atoms with van der Waals surface area (Å²) in [5, 5.41) is 5.75. The van der Waals surface area contributed by atoms with Crippen LogP contribution >= 0.6 is 0 Å². The number of aromatic nitrogens is 3. The molecule has 3 fully saturated rings. The van der Waals surface area contributed by atoms with Crippen molar-refractivity contribution in [2.24, 2.45) is 0 Å². The van der Waals surface area contributed by atoms with E-state index in [2.05, 4.69) is 58.1 Å². The van der Waals surface area contributed by atoms with Gasteiger partial charge >= 0.3 is 6.03 Å². The molecule has 3 aromatic rings. The van der Waals surface area contributed by atoms with Gasteiger partial charge in [0.2, 0.25) is 11.9 Å². The van der Waals surface area contributed by atoms with Crippen LogP contribution in [0.3, 0.4) is 0 Å². The molecule has 13 nitrogen and oxygen atoms in total. The number of anilines is 4. The topological polar surface area (TPSA) is 122 Å². The Kier molecular flexibility index (Phi) is 10.7. The molecule has 48 heavy (non-hydrogen) atoms. The number of hydrogen-bond donors (Lipinski definition) is 2. The van der Waals surface area contributed by atoms with E-state index < -0.39 is 0 Å². The van der Waals surface area contributed by atoms with E-state index in [-0.39, 0.29) is 18.0 Å². The lowest BCUT2D eigenvalue weighted by Gasteiger charge is -2.34. The summed E-state index contributed by atoms with van der Waals surface area (Å²) in [5.74, 6) is 1.96. The Balaban J connectivity index is 1.13.